The molecule has 2 rings (SSSR count). The molecule has 0 atom stereocenters. The summed E-state index contributed by atoms with van der Waals surface area (Å²) in [7, 11) is 1.80. The maximum absolute atomic E-state index is 5.65. The molecule has 5 heteroatoms. The summed E-state index contributed by atoms with van der Waals surface area (Å²) in [5, 5.41) is 2.92. The predicted octanol–water partition coefficient (Wildman–Crippen LogP) is 2.50. The highest BCUT2D eigenvalue weighted by Crippen LogP contribution is 2.20. The Morgan fingerprint density at radius 3 is 2.53 bits per heavy atom. The van der Waals surface area contributed by atoms with Crippen molar-refractivity contribution in [1.82, 2.24) is 9.97 Å². The van der Waals surface area contributed by atoms with E-state index in [1.165, 1.54) is 0 Å². The standard InChI is InChI=1S/C14H17N3O2/c1-3-18-12-5-4-6-13(7-12)19-10-11-8-17-14(15-2)9-16-11/h4-9H,3,10H2,1-2H3,(H,15,17). The number of benzene rings is 1. The quantitative estimate of drug-likeness (QED) is 0.863. The third-order valence-corrected chi connectivity index (χ3v) is 2.46. The molecule has 5 nitrogen and oxygen atoms in total. The monoisotopic (exact) mass is 259 g/mol. The molecular weight excluding hydrogens is 242 g/mol. The predicted molar refractivity (Wildman–Crippen MR) is 73.5 cm³/mol. The molecule has 0 aliphatic heterocycles. The van der Waals surface area contributed by atoms with Gasteiger partial charge in [0.25, 0.3) is 0 Å². The second-order valence-electron chi connectivity index (χ2n) is 3.84. The summed E-state index contributed by atoms with van der Waals surface area (Å²) in [5.74, 6) is 2.30. The van der Waals surface area contributed by atoms with Gasteiger partial charge in [0.1, 0.15) is 23.9 Å². The van der Waals surface area contributed by atoms with E-state index in [9.17, 15) is 0 Å². The largest absolute Gasteiger partial charge is 0.494 e. The van der Waals surface area contributed by atoms with Gasteiger partial charge in [0.15, 0.2) is 0 Å². The molecule has 0 spiro atoms. The van der Waals surface area contributed by atoms with E-state index in [1.807, 2.05) is 31.2 Å². The topological polar surface area (TPSA) is 56.3 Å². The van der Waals surface area contributed by atoms with Crippen LogP contribution in [0.4, 0.5) is 5.82 Å². The smallest absolute Gasteiger partial charge is 0.144 e. The molecule has 0 aliphatic carbocycles. The van der Waals surface area contributed by atoms with Crippen LogP contribution in [0.1, 0.15) is 12.6 Å². The van der Waals surface area contributed by atoms with Crippen LogP contribution < -0.4 is 14.8 Å². The zero-order valence-corrected chi connectivity index (χ0v) is 11.1. The summed E-state index contributed by atoms with van der Waals surface area (Å²) in [6, 6.07) is 7.55. The lowest BCUT2D eigenvalue weighted by Gasteiger charge is -2.08. The molecule has 0 unspecified atom stereocenters. The molecule has 19 heavy (non-hydrogen) atoms. The SMILES string of the molecule is CCOc1cccc(OCc2cnc(NC)cn2)c1. The molecule has 1 heterocycles. The summed E-state index contributed by atoms with van der Waals surface area (Å²) < 4.78 is 11.1. The third kappa shape index (κ3) is 3.84. The van der Waals surface area contributed by atoms with Gasteiger partial charge in [0.05, 0.1) is 24.7 Å². The minimum absolute atomic E-state index is 0.382. The molecule has 1 aromatic carbocycles. The molecule has 1 N–H and O–H groups in total. The molecule has 0 saturated heterocycles. The second kappa shape index (κ2) is 6.58. The number of aromatic nitrogens is 2. The van der Waals surface area contributed by atoms with Crippen LogP contribution in [0.2, 0.25) is 0 Å². The van der Waals surface area contributed by atoms with Gasteiger partial charge in [-0.25, -0.2) is 4.98 Å². The van der Waals surface area contributed by atoms with Gasteiger partial charge in [-0.2, -0.15) is 0 Å². The van der Waals surface area contributed by atoms with Crippen LogP contribution in [0.15, 0.2) is 36.7 Å². The van der Waals surface area contributed by atoms with Crippen molar-refractivity contribution < 1.29 is 9.47 Å². The Balaban J connectivity index is 1.95. The van der Waals surface area contributed by atoms with Gasteiger partial charge in [-0.1, -0.05) is 6.07 Å². The fraction of sp³-hybridized carbons (Fsp3) is 0.286. The van der Waals surface area contributed by atoms with Crippen molar-refractivity contribution in [2.75, 3.05) is 19.0 Å². The average Bonchev–Trinajstić information content (AvgIpc) is 2.46. The molecule has 0 aliphatic rings. The first-order valence-corrected chi connectivity index (χ1v) is 6.16. The van der Waals surface area contributed by atoms with Crippen LogP contribution in [0.25, 0.3) is 0 Å². The van der Waals surface area contributed by atoms with Crippen molar-refractivity contribution in [2.24, 2.45) is 0 Å². The van der Waals surface area contributed by atoms with Crippen LogP contribution in [0.5, 0.6) is 11.5 Å². The lowest BCUT2D eigenvalue weighted by atomic mass is 10.3. The highest BCUT2D eigenvalue weighted by atomic mass is 16.5. The Hall–Kier alpha value is -2.30. The zero-order valence-electron chi connectivity index (χ0n) is 11.1. The van der Waals surface area contributed by atoms with Gasteiger partial charge >= 0.3 is 0 Å². The molecular formula is C14H17N3O2. The summed E-state index contributed by atoms with van der Waals surface area (Å²) in [6.45, 7) is 2.97. The highest BCUT2D eigenvalue weighted by molar-refractivity contribution is 5.33. The number of hydrogen-bond donors (Lipinski definition) is 1. The third-order valence-electron chi connectivity index (χ3n) is 2.46. The molecule has 100 valence electrons. The van der Waals surface area contributed by atoms with Crippen LogP contribution in [0, 0.1) is 0 Å². The summed E-state index contributed by atoms with van der Waals surface area (Å²) in [6.07, 6.45) is 3.37. The van der Waals surface area contributed by atoms with E-state index in [4.69, 9.17) is 9.47 Å². The van der Waals surface area contributed by atoms with E-state index >= 15 is 0 Å². The number of anilines is 1. The summed E-state index contributed by atoms with van der Waals surface area (Å²) >= 11 is 0. The number of ether oxygens (including phenoxy) is 2. The second-order valence-corrected chi connectivity index (χ2v) is 3.84. The Kier molecular flexibility index (Phi) is 4.55. The molecule has 2 aromatic rings. The summed E-state index contributed by atoms with van der Waals surface area (Å²) in [4.78, 5) is 8.42. The van der Waals surface area contributed by atoms with Crippen LogP contribution in [-0.4, -0.2) is 23.6 Å². The minimum Gasteiger partial charge on any atom is -0.494 e. The van der Waals surface area contributed by atoms with E-state index in [0.717, 1.165) is 23.0 Å². The van der Waals surface area contributed by atoms with Crippen LogP contribution in [-0.2, 0) is 6.61 Å². The van der Waals surface area contributed by atoms with Crippen molar-refractivity contribution >= 4 is 5.82 Å². The fourth-order valence-electron chi connectivity index (χ4n) is 1.54. The first-order chi connectivity index (χ1) is 9.31. The fourth-order valence-corrected chi connectivity index (χ4v) is 1.54. The summed E-state index contributed by atoms with van der Waals surface area (Å²) in [5.41, 5.74) is 0.779. The highest BCUT2D eigenvalue weighted by Gasteiger charge is 2.00. The van der Waals surface area contributed by atoms with Crippen molar-refractivity contribution in [1.29, 1.82) is 0 Å². The van der Waals surface area contributed by atoms with Gasteiger partial charge in [-0.15, -0.1) is 0 Å². The molecule has 0 radical (unpaired) electrons. The van der Waals surface area contributed by atoms with E-state index in [1.54, 1.807) is 19.4 Å². The molecule has 0 saturated carbocycles. The van der Waals surface area contributed by atoms with E-state index in [-0.39, 0.29) is 0 Å². The molecule has 0 fully saturated rings. The Bertz CT molecular complexity index is 514. The Morgan fingerprint density at radius 2 is 1.89 bits per heavy atom. The maximum Gasteiger partial charge on any atom is 0.144 e. The van der Waals surface area contributed by atoms with Gasteiger partial charge in [-0.05, 0) is 19.1 Å². The van der Waals surface area contributed by atoms with Gasteiger partial charge < -0.3 is 14.8 Å². The van der Waals surface area contributed by atoms with Crippen molar-refractivity contribution in [3.63, 3.8) is 0 Å². The van der Waals surface area contributed by atoms with Crippen molar-refractivity contribution in [3.8, 4) is 11.5 Å². The average molecular weight is 259 g/mol. The molecule has 1 aromatic heterocycles. The first-order valence-electron chi connectivity index (χ1n) is 6.16. The lowest BCUT2D eigenvalue weighted by Crippen LogP contribution is -2.01. The number of hydrogen-bond acceptors (Lipinski definition) is 5. The van der Waals surface area contributed by atoms with Crippen LogP contribution >= 0.6 is 0 Å². The van der Waals surface area contributed by atoms with Gasteiger partial charge in [-0.3, -0.25) is 4.98 Å². The lowest BCUT2D eigenvalue weighted by molar-refractivity contribution is 0.295. The normalized spacial score (nSPS) is 10.0. The van der Waals surface area contributed by atoms with E-state index < -0.39 is 0 Å². The minimum atomic E-state index is 0.382. The number of nitrogens with one attached hydrogen (secondary N) is 1. The van der Waals surface area contributed by atoms with Crippen molar-refractivity contribution in [3.05, 3.63) is 42.4 Å². The molecule has 0 amide bonds. The van der Waals surface area contributed by atoms with Gasteiger partial charge in [0.2, 0.25) is 0 Å². The first kappa shape index (κ1) is 13.1. The Labute approximate surface area is 112 Å². The molecule has 0 bridgehead atoms. The van der Waals surface area contributed by atoms with Crippen molar-refractivity contribution in [2.45, 2.75) is 13.5 Å². The zero-order chi connectivity index (χ0) is 13.5. The number of rotatable bonds is 6. The Morgan fingerprint density at radius 1 is 1.11 bits per heavy atom. The van der Waals surface area contributed by atoms with Crippen LogP contribution in [0.3, 0.4) is 0 Å². The maximum atomic E-state index is 5.65. The van der Waals surface area contributed by atoms with E-state index in [0.29, 0.717) is 13.2 Å². The van der Waals surface area contributed by atoms with Gasteiger partial charge in [0, 0.05) is 13.1 Å². The van der Waals surface area contributed by atoms with E-state index in [2.05, 4.69) is 15.3 Å². The number of nitrogens with zero attached hydrogens (tertiary/aromatic N) is 2.